The second-order valence-electron chi connectivity index (χ2n) is 9.57. The second-order valence-corrected chi connectivity index (χ2v) is 9.57. The topological polar surface area (TPSA) is 12.9 Å². The standard InChI is InChI=1S/C29H33N/c1-19-13-15-23(16-14-22-9-5-4-6-10-22)28-20(2)17-27(30-29(19)28)26-18-24-11-7-8-12-25(24)21(26)3/h7-8,11-13,15,17,22H,4-6,9-10,14,16,18H2,1-3H3. The van der Waals surface area contributed by atoms with Gasteiger partial charge in [0, 0.05) is 11.8 Å². The molecule has 1 saturated carbocycles. The van der Waals surface area contributed by atoms with Crippen molar-refractivity contribution in [1.82, 2.24) is 4.98 Å². The number of hydrogen-bond donors (Lipinski definition) is 0. The van der Waals surface area contributed by atoms with Gasteiger partial charge in [-0.25, -0.2) is 4.98 Å². The molecule has 1 heteroatoms. The first-order valence-electron chi connectivity index (χ1n) is 11.8. The maximum Gasteiger partial charge on any atom is 0.0743 e. The number of benzene rings is 2. The van der Waals surface area contributed by atoms with E-state index in [4.69, 9.17) is 4.98 Å². The number of pyridine rings is 1. The molecule has 1 aromatic heterocycles. The third-order valence-electron chi connectivity index (χ3n) is 7.54. The van der Waals surface area contributed by atoms with Gasteiger partial charge < -0.3 is 0 Å². The summed E-state index contributed by atoms with van der Waals surface area (Å²) < 4.78 is 0. The number of aryl methyl sites for hydroxylation is 3. The van der Waals surface area contributed by atoms with Crippen LogP contribution in [0.2, 0.25) is 0 Å². The molecule has 154 valence electrons. The van der Waals surface area contributed by atoms with Crippen molar-refractivity contribution in [3.8, 4) is 0 Å². The van der Waals surface area contributed by atoms with Gasteiger partial charge in [0.15, 0.2) is 0 Å². The van der Waals surface area contributed by atoms with Crippen molar-refractivity contribution >= 4 is 22.0 Å². The lowest BCUT2D eigenvalue weighted by molar-refractivity contribution is 0.339. The zero-order valence-electron chi connectivity index (χ0n) is 18.7. The minimum absolute atomic E-state index is 0.924. The molecule has 1 heterocycles. The molecule has 0 saturated heterocycles. The molecule has 0 aliphatic heterocycles. The van der Waals surface area contributed by atoms with Crippen LogP contribution in [0.15, 0.2) is 42.5 Å². The highest BCUT2D eigenvalue weighted by molar-refractivity contribution is 5.97. The maximum absolute atomic E-state index is 5.25. The Labute approximate surface area is 181 Å². The van der Waals surface area contributed by atoms with Crippen LogP contribution < -0.4 is 0 Å². The van der Waals surface area contributed by atoms with Crippen LogP contribution in [0.25, 0.3) is 22.0 Å². The molecule has 2 aliphatic rings. The highest BCUT2D eigenvalue weighted by atomic mass is 14.7. The summed E-state index contributed by atoms with van der Waals surface area (Å²) in [5.41, 5.74) is 12.2. The average Bonchev–Trinajstić information content (AvgIpc) is 3.11. The molecule has 30 heavy (non-hydrogen) atoms. The first kappa shape index (κ1) is 19.5. The van der Waals surface area contributed by atoms with Gasteiger partial charge in [0.1, 0.15) is 0 Å². The minimum Gasteiger partial charge on any atom is -0.248 e. The van der Waals surface area contributed by atoms with Gasteiger partial charge in [-0.3, -0.25) is 0 Å². The van der Waals surface area contributed by atoms with Crippen molar-refractivity contribution in [1.29, 1.82) is 0 Å². The molecule has 0 atom stereocenters. The van der Waals surface area contributed by atoms with Gasteiger partial charge in [-0.15, -0.1) is 0 Å². The van der Waals surface area contributed by atoms with Gasteiger partial charge in [-0.05, 0) is 84.6 Å². The predicted molar refractivity (Wildman–Crippen MR) is 129 cm³/mol. The Morgan fingerprint density at radius 3 is 2.50 bits per heavy atom. The van der Waals surface area contributed by atoms with Crippen LogP contribution in [0.5, 0.6) is 0 Å². The third-order valence-corrected chi connectivity index (χ3v) is 7.54. The van der Waals surface area contributed by atoms with Crippen LogP contribution in [0, 0.1) is 19.8 Å². The van der Waals surface area contributed by atoms with E-state index in [9.17, 15) is 0 Å². The normalized spacial score (nSPS) is 17.0. The summed E-state index contributed by atoms with van der Waals surface area (Å²) in [5.74, 6) is 0.924. The number of nitrogens with zero attached hydrogens (tertiary/aromatic N) is 1. The van der Waals surface area contributed by atoms with Crippen molar-refractivity contribution in [2.75, 3.05) is 0 Å². The number of allylic oxidation sites excluding steroid dienone is 2. The van der Waals surface area contributed by atoms with E-state index < -0.39 is 0 Å². The van der Waals surface area contributed by atoms with Crippen molar-refractivity contribution in [2.45, 2.75) is 72.1 Å². The van der Waals surface area contributed by atoms with Gasteiger partial charge in [0.25, 0.3) is 0 Å². The lowest BCUT2D eigenvalue weighted by Crippen LogP contribution is -2.08. The fourth-order valence-corrected chi connectivity index (χ4v) is 5.76. The lowest BCUT2D eigenvalue weighted by atomic mass is 9.84. The Balaban J connectivity index is 1.51. The van der Waals surface area contributed by atoms with E-state index in [1.54, 1.807) is 0 Å². The van der Waals surface area contributed by atoms with Crippen molar-refractivity contribution < 1.29 is 0 Å². The molecule has 2 aliphatic carbocycles. The fraction of sp³-hybridized carbons (Fsp3) is 0.414. The Hall–Kier alpha value is -2.41. The molecule has 0 radical (unpaired) electrons. The molecule has 1 fully saturated rings. The molecule has 1 nitrogen and oxygen atoms in total. The van der Waals surface area contributed by atoms with E-state index in [0.29, 0.717) is 0 Å². The molecule has 0 bridgehead atoms. The zero-order chi connectivity index (χ0) is 20.7. The fourth-order valence-electron chi connectivity index (χ4n) is 5.76. The minimum atomic E-state index is 0.924. The second kappa shape index (κ2) is 8.02. The van der Waals surface area contributed by atoms with Gasteiger partial charge >= 0.3 is 0 Å². The Kier molecular flexibility index (Phi) is 5.23. The summed E-state index contributed by atoms with van der Waals surface area (Å²) in [6, 6.07) is 15.8. The van der Waals surface area contributed by atoms with Gasteiger partial charge in [-0.1, -0.05) is 68.5 Å². The largest absolute Gasteiger partial charge is 0.248 e. The van der Waals surface area contributed by atoms with Crippen LogP contribution in [0.4, 0.5) is 0 Å². The van der Waals surface area contributed by atoms with Crippen LogP contribution in [0.1, 0.15) is 79.0 Å². The number of aromatic nitrogens is 1. The molecule has 0 unspecified atom stereocenters. The maximum atomic E-state index is 5.25. The zero-order valence-corrected chi connectivity index (χ0v) is 18.7. The Bertz CT molecular complexity index is 1130. The smallest absolute Gasteiger partial charge is 0.0743 e. The monoisotopic (exact) mass is 395 g/mol. The van der Waals surface area contributed by atoms with Crippen LogP contribution in [0.3, 0.4) is 0 Å². The molecule has 3 aromatic rings. The summed E-state index contributed by atoms with van der Waals surface area (Å²) in [6.07, 6.45) is 10.7. The van der Waals surface area contributed by atoms with E-state index in [1.807, 2.05) is 0 Å². The summed E-state index contributed by atoms with van der Waals surface area (Å²) in [5, 5.41) is 1.41. The molecule has 2 aromatic carbocycles. The van der Waals surface area contributed by atoms with E-state index in [1.165, 1.54) is 101 Å². The summed E-state index contributed by atoms with van der Waals surface area (Å²) in [6.45, 7) is 6.76. The van der Waals surface area contributed by atoms with Crippen molar-refractivity contribution in [2.24, 2.45) is 5.92 Å². The summed E-state index contributed by atoms with van der Waals surface area (Å²) >= 11 is 0. The molecular weight excluding hydrogens is 362 g/mol. The summed E-state index contributed by atoms with van der Waals surface area (Å²) in [7, 11) is 0. The SMILES string of the molecule is CC1=C(c2cc(C)c3c(CCC4CCCCC4)ccc(C)c3n2)Cc2ccccc21. The number of rotatable bonds is 4. The van der Waals surface area contributed by atoms with E-state index >= 15 is 0 Å². The van der Waals surface area contributed by atoms with Crippen molar-refractivity contribution in [3.05, 3.63) is 76.0 Å². The summed E-state index contributed by atoms with van der Waals surface area (Å²) in [4.78, 5) is 5.25. The van der Waals surface area contributed by atoms with Crippen LogP contribution in [-0.2, 0) is 12.8 Å². The van der Waals surface area contributed by atoms with Gasteiger partial charge in [-0.2, -0.15) is 0 Å². The Morgan fingerprint density at radius 1 is 0.900 bits per heavy atom. The van der Waals surface area contributed by atoms with E-state index in [-0.39, 0.29) is 0 Å². The average molecular weight is 396 g/mol. The lowest BCUT2D eigenvalue weighted by Gasteiger charge is -2.22. The Morgan fingerprint density at radius 2 is 1.70 bits per heavy atom. The highest BCUT2D eigenvalue weighted by Crippen LogP contribution is 2.39. The van der Waals surface area contributed by atoms with Crippen LogP contribution >= 0.6 is 0 Å². The van der Waals surface area contributed by atoms with Gasteiger partial charge in [0.05, 0.1) is 11.2 Å². The molecule has 5 rings (SSSR count). The van der Waals surface area contributed by atoms with Crippen molar-refractivity contribution in [3.63, 3.8) is 0 Å². The molecule has 0 N–H and O–H groups in total. The first-order valence-corrected chi connectivity index (χ1v) is 11.8. The van der Waals surface area contributed by atoms with Crippen LogP contribution in [-0.4, -0.2) is 4.98 Å². The first-order chi connectivity index (χ1) is 14.6. The van der Waals surface area contributed by atoms with E-state index in [0.717, 1.165) is 12.3 Å². The number of hydrogen-bond acceptors (Lipinski definition) is 1. The van der Waals surface area contributed by atoms with E-state index in [2.05, 4.69) is 63.2 Å². The number of fused-ring (bicyclic) bond motifs is 2. The predicted octanol–water partition coefficient (Wildman–Crippen LogP) is 7.85. The molecular formula is C29H33N. The van der Waals surface area contributed by atoms with Gasteiger partial charge in [0.2, 0.25) is 0 Å². The quantitative estimate of drug-likeness (QED) is 0.438. The molecule has 0 spiro atoms. The molecule has 0 amide bonds. The highest BCUT2D eigenvalue weighted by Gasteiger charge is 2.22. The third kappa shape index (κ3) is 3.49.